The highest BCUT2D eigenvalue weighted by molar-refractivity contribution is 5.75. The highest BCUT2D eigenvalue weighted by atomic mass is 16.3. The van der Waals surface area contributed by atoms with Crippen molar-refractivity contribution in [2.45, 2.75) is 45.9 Å². The second-order valence-electron chi connectivity index (χ2n) is 6.63. The number of pyridine rings is 1. The zero-order valence-corrected chi connectivity index (χ0v) is 15.3. The van der Waals surface area contributed by atoms with Crippen molar-refractivity contribution in [2.75, 3.05) is 6.54 Å². The molecule has 0 saturated carbocycles. The molecule has 25 heavy (non-hydrogen) atoms. The van der Waals surface area contributed by atoms with Crippen molar-refractivity contribution < 1.29 is 9.90 Å². The van der Waals surface area contributed by atoms with E-state index in [-0.39, 0.29) is 18.1 Å². The van der Waals surface area contributed by atoms with E-state index in [0.29, 0.717) is 6.54 Å². The first-order valence-electron chi connectivity index (χ1n) is 8.64. The molecule has 0 saturated heterocycles. The largest absolute Gasteiger partial charge is 0.392 e. The molecule has 0 aliphatic carbocycles. The SMILES string of the molecule is CC(O)CN(C(=O)NC(C)c1ccc(-c2cccnc2)cc1)C(C)C. The third-order valence-corrected chi connectivity index (χ3v) is 4.09. The molecule has 0 radical (unpaired) electrons. The van der Waals surface area contributed by atoms with Crippen LogP contribution in [0.5, 0.6) is 0 Å². The van der Waals surface area contributed by atoms with E-state index < -0.39 is 6.10 Å². The van der Waals surface area contributed by atoms with Gasteiger partial charge in [-0.25, -0.2) is 4.79 Å². The van der Waals surface area contributed by atoms with Crippen LogP contribution in [-0.2, 0) is 0 Å². The number of hydrogen-bond donors (Lipinski definition) is 2. The Balaban J connectivity index is 2.05. The monoisotopic (exact) mass is 341 g/mol. The van der Waals surface area contributed by atoms with E-state index in [2.05, 4.69) is 10.3 Å². The average molecular weight is 341 g/mol. The molecular formula is C20H27N3O2. The molecule has 0 spiro atoms. The number of carbonyl (C=O) groups excluding carboxylic acids is 1. The van der Waals surface area contributed by atoms with Crippen molar-refractivity contribution in [2.24, 2.45) is 0 Å². The smallest absolute Gasteiger partial charge is 0.318 e. The molecule has 5 nitrogen and oxygen atoms in total. The zero-order chi connectivity index (χ0) is 18.4. The minimum Gasteiger partial charge on any atom is -0.392 e. The number of aromatic nitrogens is 1. The predicted octanol–water partition coefficient (Wildman–Crippen LogP) is 3.61. The van der Waals surface area contributed by atoms with Gasteiger partial charge in [0.1, 0.15) is 0 Å². The van der Waals surface area contributed by atoms with E-state index in [4.69, 9.17) is 0 Å². The van der Waals surface area contributed by atoms with Crippen molar-refractivity contribution in [3.05, 3.63) is 54.4 Å². The molecule has 2 N–H and O–H groups in total. The van der Waals surface area contributed by atoms with Gasteiger partial charge in [-0.15, -0.1) is 0 Å². The molecule has 1 aromatic carbocycles. The summed E-state index contributed by atoms with van der Waals surface area (Å²) in [5, 5.41) is 12.6. The molecule has 2 amide bonds. The highest BCUT2D eigenvalue weighted by Gasteiger charge is 2.20. The number of nitrogens with one attached hydrogen (secondary N) is 1. The van der Waals surface area contributed by atoms with Crippen molar-refractivity contribution in [1.82, 2.24) is 15.2 Å². The van der Waals surface area contributed by atoms with Crippen LogP contribution in [0.3, 0.4) is 0 Å². The molecule has 0 aliphatic heterocycles. The quantitative estimate of drug-likeness (QED) is 0.843. The molecule has 2 rings (SSSR count). The summed E-state index contributed by atoms with van der Waals surface area (Å²) in [5.41, 5.74) is 3.18. The van der Waals surface area contributed by atoms with Gasteiger partial charge in [0.25, 0.3) is 0 Å². The molecule has 134 valence electrons. The van der Waals surface area contributed by atoms with Crippen LogP contribution < -0.4 is 5.32 Å². The Morgan fingerprint density at radius 2 is 1.80 bits per heavy atom. The molecule has 2 unspecified atom stereocenters. The summed E-state index contributed by atoms with van der Waals surface area (Å²) >= 11 is 0. The third-order valence-electron chi connectivity index (χ3n) is 4.09. The van der Waals surface area contributed by atoms with E-state index in [1.807, 2.05) is 63.4 Å². The van der Waals surface area contributed by atoms with E-state index in [1.165, 1.54) is 0 Å². The van der Waals surface area contributed by atoms with Crippen molar-refractivity contribution in [3.8, 4) is 11.1 Å². The van der Waals surface area contributed by atoms with Gasteiger partial charge in [0.15, 0.2) is 0 Å². The Hall–Kier alpha value is -2.40. The normalized spacial score (nSPS) is 13.4. The van der Waals surface area contributed by atoms with E-state index in [1.54, 1.807) is 18.0 Å². The summed E-state index contributed by atoms with van der Waals surface area (Å²) < 4.78 is 0. The minimum absolute atomic E-state index is 0.0229. The fourth-order valence-corrected chi connectivity index (χ4v) is 2.66. The van der Waals surface area contributed by atoms with Crippen LogP contribution in [0.4, 0.5) is 4.79 Å². The molecule has 0 fully saturated rings. The molecule has 1 aromatic heterocycles. The first-order valence-corrected chi connectivity index (χ1v) is 8.64. The number of amides is 2. The highest BCUT2D eigenvalue weighted by Crippen LogP contribution is 2.21. The van der Waals surface area contributed by atoms with Crippen LogP contribution in [0.25, 0.3) is 11.1 Å². The number of nitrogens with zero attached hydrogens (tertiary/aromatic N) is 2. The number of rotatable bonds is 6. The first-order chi connectivity index (χ1) is 11.9. The van der Waals surface area contributed by atoms with Gasteiger partial charge in [0.05, 0.1) is 12.1 Å². The summed E-state index contributed by atoms with van der Waals surface area (Å²) in [7, 11) is 0. The van der Waals surface area contributed by atoms with Gasteiger partial charge in [-0.05, 0) is 50.5 Å². The maximum Gasteiger partial charge on any atom is 0.318 e. The van der Waals surface area contributed by atoms with Gasteiger partial charge in [-0.1, -0.05) is 30.3 Å². The Kier molecular flexibility index (Phi) is 6.53. The van der Waals surface area contributed by atoms with Crippen molar-refractivity contribution in [1.29, 1.82) is 0 Å². The number of hydrogen-bond acceptors (Lipinski definition) is 3. The maximum atomic E-state index is 12.5. The van der Waals surface area contributed by atoms with Crippen LogP contribution in [0, 0.1) is 0 Å². The number of benzene rings is 1. The minimum atomic E-state index is -0.553. The summed E-state index contributed by atoms with van der Waals surface area (Å²) in [4.78, 5) is 18.3. The fraction of sp³-hybridized carbons (Fsp3) is 0.400. The standard InChI is InChI=1S/C20H27N3O2/c1-14(2)23(13-15(3)24)20(25)22-16(4)17-7-9-18(10-8-17)19-6-5-11-21-12-19/h5-12,14-16,24H,13H2,1-4H3,(H,22,25). The Bertz CT molecular complexity index is 669. The van der Waals surface area contributed by atoms with Gasteiger partial charge in [-0.2, -0.15) is 0 Å². The molecule has 2 aromatic rings. The van der Waals surface area contributed by atoms with Crippen molar-refractivity contribution >= 4 is 6.03 Å². The van der Waals surface area contributed by atoms with Gasteiger partial charge >= 0.3 is 6.03 Å². The fourth-order valence-electron chi connectivity index (χ4n) is 2.66. The van der Waals surface area contributed by atoms with E-state index in [0.717, 1.165) is 16.7 Å². The average Bonchev–Trinajstić information content (AvgIpc) is 2.60. The summed E-state index contributed by atoms with van der Waals surface area (Å²) in [5.74, 6) is 0. The number of aliphatic hydroxyl groups is 1. The van der Waals surface area contributed by atoms with Crippen LogP contribution in [0.2, 0.25) is 0 Å². The summed E-state index contributed by atoms with van der Waals surface area (Å²) in [6.45, 7) is 7.84. The lowest BCUT2D eigenvalue weighted by atomic mass is 10.0. The molecule has 0 bridgehead atoms. The van der Waals surface area contributed by atoms with Crippen LogP contribution in [0.1, 0.15) is 39.3 Å². The van der Waals surface area contributed by atoms with Crippen LogP contribution in [-0.4, -0.2) is 39.7 Å². The Morgan fingerprint density at radius 3 is 2.32 bits per heavy atom. The molecule has 1 heterocycles. The predicted molar refractivity (Wildman–Crippen MR) is 100 cm³/mol. The van der Waals surface area contributed by atoms with Gasteiger partial charge < -0.3 is 15.3 Å². The lowest BCUT2D eigenvalue weighted by molar-refractivity contribution is 0.117. The first kappa shape index (κ1) is 18.9. The maximum absolute atomic E-state index is 12.5. The van der Waals surface area contributed by atoms with Crippen LogP contribution in [0.15, 0.2) is 48.8 Å². The number of urea groups is 1. The zero-order valence-electron chi connectivity index (χ0n) is 15.3. The van der Waals surface area contributed by atoms with Gasteiger partial charge in [0.2, 0.25) is 0 Å². The molecule has 5 heteroatoms. The summed E-state index contributed by atoms with van der Waals surface area (Å²) in [6.07, 6.45) is 3.03. The lowest BCUT2D eigenvalue weighted by Crippen LogP contribution is -2.47. The van der Waals surface area contributed by atoms with Gasteiger partial charge in [0, 0.05) is 25.0 Å². The third kappa shape index (κ3) is 5.29. The number of aliphatic hydroxyl groups excluding tert-OH is 1. The van der Waals surface area contributed by atoms with Crippen LogP contribution >= 0.6 is 0 Å². The topological polar surface area (TPSA) is 65.5 Å². The van der Waals surface area contributed by atoms with E-state index >= 15 is 0 Å². The van der Waals surface area contributed by atoms with E-state index in [9.17, 15) is 9.90 Å². The van der Waals surface area contributed by atoms with Gasteiger partial charge in [-0.3, -0.25) is 4.98 Å². The lowest BCUT2D eigenvalue weighted by Gasteiger charge is -2.29. The second-order valence-corrected chi connectivity index (χ2v) is 6.63. The second kappa shape index (κ2) is 8.62. The molecule has 2 atom stereocenters. The Labute approximate surface area is 149 Å². The molecule has 0 aliphatic rings. The molecular weight excluding hydrogens is 314 g/mol. The van der Waals surface area contributed by atoms with Crippen molar-refractivity contribution in [3.63, 3.8) is 0 Å². The summed E-state index contributed by atoms with van der Waals surface area (Å²) in [6, 6.07) is 11.8. The number of carbonyl (C=O) groups is 1. The Morgan fingerprint density at radius 1 is 1.12 bits per heavy atom.